The predicted octanol–water partition coefficient (Wildman–Crippen LogP) is 2.45. The fourth-order valence-electron chi connectivity index (χ4n) is 2.87. The van der Waals surface area contributed by atoms with E-state index in [2.05, 4.69) is 41.1 Å². The first-order valence-corrected chi connectivity index (χ1v) is 7.39. The molecule has 1 saturated heterocycles. The zero-order valence-electron chi connectivity index (χ0n) is 12.2. The van der Waals surface area contributed by atoms with Crippen LogP contribution >= 0.6 is 0 Å². The number of hydrogen-bond donors (Lipinski definition) is 1. The summed E-state index contributed by atoms with van der Waals surface area (Å²) in [6, 6.07) is 11.1. The highest BCUT2D eigenvalue weighted by Crippen LogP contribution is 2.21. The summed E-state index contributed by atoms with van der Waals surface area (Å²) in [6.07, 6.45) is 3.31. The van der Waals surface area contributed by atoms with Gasteiger partial charge in [0.2, 0.25) is 0 Å². The van der Waals surface area contributed by atoms with Gasteiger partial charge in [0.1, 0.15) is 0 Å². The molecule has 4 heteroatoms. The summed E-state index contributed by atoms with van der Waals surface area (Å²) in [5.74, 6) is -0.697. The Labute approximate surface area is 121 Å². The Morgan fingerprint density at radius 1 is 1.30 bits per heavy atom. The molecule has 1 aliphatic heterocycles. The molecule has 1 aromatic carbocycles. The van der Waals surface area contributed by atoms with Crippen molar-refractivity contribution in [1.29, 1.82) is 0 Å². The van der Waals surface area contributed by atoms with Crippen LogP contribution in [0.5, 0.6) is 0 Å². The molecule has 0 saturated carbocycles. The lowest BCUT2D eigenvalue weighted by molar-refractivity contribution is -0.137. The van der Waals surface area contributed by atoms with Gasteiger partial charge in [-0.25, -0.2) is 0 Å². The summed E-state index contributed by atoms with van der Waals surface area (Å²) in [7, 11) is 2.12. The van der Waals surface area contributed by atoms with Crippen LogP contribution in [0, 0.1) is 0 Å². The largest absolute Gasteiger partial charge is 0.481 e. The molecule has 0 bridgehead atoms. The average Bonchev–Trinajstić information content (AvgIpc) is 2.48. The van der Waals surface area contributed by atoms with E-state index in [1.54, 1.807) is 0 Å². The third-order valence-corrected chi connectivity index (χ3v) is 4.11. The predicted molar refractivity (Wildman–Crippen MR) is 81.2 cm³/mol. The zero-order chi connectivity index (χ0) is 14.4. The Hall–Kier alpha value is -1.55. The minimum absolute atomic E-state index is 0.271. The molecule has 1 aliphatic rings. The van der Waals surface area contributed by atoms with Gasteiger partial charge >= 0.3 is 5.97 Å². The fourth-order valence-corrected chi connectivity index (χ4v) is 2.87. The number of aliphatic carboxylic acids is 1. The quantitative estimate of drug-likeness (QED) is 0.867. The van der Waals surface area contributed by atoms with E-state index in [-0.39, 0.29) is 6.42 Å². The summed E-state index contributed by atoms with van der Waals surface area (Å²) < 4.78 is 0. The van der Waals surface area contributed by atoms with E-state index in [0.717, 1.165) is 38.9 Å². The van der Waals surface area contributed by atoms with Crippen molar-refractivity contribution in [3.8, 4) is 0 Å². The van der Waals surface area contributed by atoms with Crippen molar-refractivity contribution >= 4 is 11.7 Å². The second-order valence-corrected chi connectivity index (χ2v) is 5.53. The van der Waals surface area contributed by atoms with Crippen molar-refractivity contribution in [1.82, 2.24) is 4.90 Å². The number of carbonyl (C=O) groups is 1. The molecule has 1 heterocycles. The summed E-state index contributed by atoms with van der Waals surface area (Å²) in [6.45, 7) is 3.04. The third kappa shape index (κ3) is 4.23. The van der Waals surface area contributed by atoms with Crippen LogP contribution < -0.4 is 4.90 Å². The van der Waals surface area contributed by atoms with Gasteiger partial charge in [-0.2, -0.15) is 0 Å². The highest BCUT2D eigenvalue weighted by Gasteiger charge is 2.22. The van der Waals surface area contributed by atoms with E-state index < -0.39 is 5.97 Å². The highest BCUT2D eigenvalue weighted by atomic mass is 16.4. The first-order valence-electron chi connectivity index (χ1n) is 7.39. The molecule has 0 amide bonds. The van der Waals surface area contributed by atoms with Gasteiger partial charge in [-0.05, 0) is 45.0 Å². The third-order valence-electron chi connectivity index (χ3n) is 4.11. The second kappa shape index (κ2) is 7.29. The molecule has 110 valence electrons. The molecule has 0 spiro atoms. The van der Waals surface area contributed by atoms with Crippen LogP contribution in [-0.4, -0.2) is 48.7 Å². The number of nitrogens with zero attached hydrogens (tertiary/aromatic N) is 2. The molecule has 0 unspecified atom stereocenters. The molecule has 1 fully saturated rings. The van der Waals surface area contributed by atoms with E-state index in [1.807, 2.05) is 6.07 Å². The van der Waals surface area contributed by atoms with E-state index in [4.69, 9.17) is 5.11 Å². The van der Waals surface area contributed by atoms with Gasteiger partial charge in [-0.3, -0.25) is 4.79 Å². The first-order chi connectivity index (χ1) is 9.66. The number of benzene rings is 1. The lowest BCUT2D eigenvalue weighted by Gasteiger charge is -2.37. The average molecular weight is 276 g/mol. The molecule has 0 atom stereocenters. The highest BCUT2D eigenvalue weighted by molar-refractivity contribution is 5.66. The maximum Gasteiger partial charge on any atom is 0.303 e. The van der Waals surface area contributed by atoms with Gasteiger partial charge in [-0.1, -0.05) is 18.2 Å². The number of carboxylic acid groups (broad SMARTS) is 1. The fraction of sp³-hybridized carbons (Fsp3) is 0.562. The molecule has 4 nitrogen and oxygen atoms in total. The number of piperidine rings is 1. The maximum absolute atomic E-state index is 10.5. The Bertz CT molecular complexity index is 414. The zero-order valence-corrected chi connectivity index (χ0v) is 12.2. The van der Waals surface area contributed by atoms with Gasteiger partial charge in [0, 0.05) is 31.2 Å². The molecule has 1 N–H and O–H groups in total. The number of carboxylic acids is 1. The Morgan fingerprint density at radius 3 is 2.55 bits per heavy atom. The van der Waals surface area contributed by atoms with Crippen LogP contribution in [0.4, 0.5) is 5.69 Å². The van der Waals surface area contributed by atoms with Crippen LogP contribution in [0.25, 0.3) is 0 Å². The van der Waals surface area contributed by atoms with E-state index in [1.165, 1.54) is 5.69 Å². The lowest BCUT2D eigenvalue weighted by Crippen LogP contribution is -2.43. The number of anilines is 1. The van der Waals surface area contributed by atoms with Crippen LogP contribution in [-0.2, 0) is 4.79 Å². The molecule has 20 heavy (non-hydrogen) atoms. The Morgan fingerprint density at radius 2 is 1.95 bits per heavy atom. The molecule has 0 aromatic heterocycles. The van der Waals surface area contributed by atoms with Crippen molar-refractivity contribution in [2.75, 3.05) is 31.6 Å². The standard InChI is InChI=1S/C16H24N2O2/c1-17(11-5-8-16(19)20)14-9-12-18(13-10-14)15-6-3-2-4-7-15/h2-4,6-7,14H,5,8-13H2,1H3,(H,19,20). The number of para-hydroxylation sites is 1. The summed E-state index contributed by atoms with van der Waals surface area (Å²) in [5.41, 5.74) is 1.31. The molecule has 0 aliphatic carbocycles. The van der Waals surface area contributed by atoms with Crippen molar-refractivity contribution in [3.63, 3.8) is 0 Å². The van der Waals surface area contributed by atoms with Gasteiger partial charge in [-0.15, -0.1) is 0 Å². The maximum atomic E-state index is 10.5. The van der Waals surface area contributed by atoms with Gasteiger partial charge in [0.15, 0.2) is 0 Å². The topological polar surface area (TPSA) is 43.8 Å². The second-order valence-electron chi connectivity index (χ2n) is 5.53. The van der Waals surface area contributed by atoms with Crippen LogP contribution in [0.15, 0.2) is 30.3 Å². The number of hydrogen-bond acceptors (Lipinski definition) is 3. The molecule has 2 rings (SSSR count). The molecular formula is C16H24N2O2. The van der Waals surface area contributed by atoms with Gasteiger partial charge < -0.3 is 14.9 Å². The van der Waals surface area contributed by atoms with E-state index >= 15 is 0 Å². The summed E-state index contributed by atoms with van der Waals surface area (Å²) in [5, 5.41) is 8.67. The minimum Gasteiger partial charge on any atom is -0.481 e. The van der Waals surface area contributed by atoms with Crippen molar-refractivity contribution in [2.45, 2.75) is 31.7 Å². The lowest BCUT2D eigenvalue weighted by atomic mass is 10.0. The van der Waals surface area contributed by atoms with Crippen molar-refractivity contribution in [3.05, 3.63) is 30.3 Å². The van der Waals surface area contributed by atoms with E-state index in [9.17, 15) is 4.79 Å². The normalized spacial score (nSPS) is 16.6. The monoisotopic (exact) mass is 276 g/mol. The first kappa shape index (κ1) is 14.9. The Kier molecular flexibility index (Phi) is 5.41. The smallest absolute Gasteiger partial charge is 0.303 e. The van der Waals surface area contributed by atoms with Crippen molar-refractivity contribution in [2.24, 2.45) is 0 Å². The minimum atomic E-state index is -0.697. The van der Waals surface area contributed by atoms with Gasteiger partial charge in [0.25, 0.3) is 0 Å². The van der Waals surface area contributed by atoms with Crippen LogP contribution in [0.3, 0.4) is 0 Å². The van der Waals surface area contributed by atoms with E-state index in [0.29, 0.717) is 6.04 Å². The SMILES string of the molecule is CN(CCCC(=O)O)C1CCN(c2ccccc2)CC1. The Balaban J connectivity index is 1.75. The molecular weight excluding hydrogens is 252 g/mol. The summed E-state index contributed by atoms with van der Waals surface area (Å²) in [4.78, 5) is 15.3. The van der Waals surface area contributed by atoms with Crippen LogP contribution in [0.2, 0.25) is 0 Å². The van der Waals surface area contributed by atoms with Gasteiger partial charge in [0.05, 0.1) is 0 Å². The summed E-state index contributed by atoms with van der Waals surface area (Å²) >= 11 is 0. The van der Waals surface area contributed by atoms with Crippen LogP contribution in [0.1, 0.15) is 25.7 Å². The van der Waals surface area contributed by atoms with Crippen molar-refractivity contribution < 1.29 is 9.90 Å². The molecule has 0 radical (unpaired) electrons. The number of rotatable bonds is 6. The molecule has 1 aromatic rings.